The van der Waals surface area contributed by atoms with Gasteiger partial charge in [-0.1, -0.05) is 23.8 Å². The van der Waals surface area contributed by atoms with Crippen LogP contribution in [0.4, 0.5) is 4.39 Å². The molecule has 2 unspecified atom stereocenters. The molecule has 0 spiro atoms. The Morgan fingerprint density at radius 1 is 1.37 bits per heavy atom. The standard InChI is InChI=1S/C13H11ClFNO3/c14-8-2-4-11(15)10(6-8)12(17)16-9-3-1-7(5-9)13(18)19/h1-4,6-7,9H,5H2,(H,16,17)(H,18,19). The number of rotatable bonds is 3. The fourth-order valence-corrected chi connectivity index (χ4v) is 2.08. The lowest BCUT2D eigenvalue weighted by Gasteiger charge is -2.12. The molecule has 0 aromatic heterocycles. The number of hydrogen-bond acceptors (Lipinski definition) is 2. The maximum absolute atomic E-state index is 13.5. The van der Waals surface area contributed by atoms with Crippen molar-refractivity contribution in [1.82, 2.24) is 5.32 Å². The molecule has 1 aliphatic carbocycles. The smallest absolute Gasteiger partial charge is 0.310 e. The van der Waals surface area contributed by atoms with Crippen LogP contribution in [0.1, 0.15) is 16.8 Å². The minimum Gasteiger partial charge on any atom is -0.481 e. The van der Waals surface area contributed by atoms with Gasteiger partial charge in [0.05, 0.1) is 11.5 Å². The van der Waals surface area contributed by atoms with Crippen molar-refractivity contribution in [1.29, 1.82) is 0 Å². The zero-order valence-electron chi connectivity index (χ0n) is 9.77. The number of amides is 1. The molecule has 0 saturated heterocycles. The van der Waals surface area contributed by atoms with Gasteiger partial charge in [-0.15, -0.1) is 0 Å². The Hall–Kier alpha value is -1.88. The second-order valence-electron chi connectivity index (χ2n) is 4.27. The van der Waals surface area contributed by atoms with Crippen molar-refractivity contribution in [3.8, 4) is 0 Å². The normalized spacial score (nSPS) is 21.4. The van der Waals surface area contributed by atoms with E-state index in [0.717, 1.165) is 6.07 Å². The third-order valence-corrected chi connectivity index (χ3v) is 3.13. The zero-order valence-corrected chi connectivity index (χ0v) is 10.5. The van der Waals surface area contributed by atoms with Crippen LogP contribution in [0.2, 0.25) is 5.02 Å². The highest BCUT2D eigenvalue weighted by Gasteiger charge is 2.26. The van der Waals surface area contributed by atoms with Gasteiger partial charge in [0, 0.05) is 11.1 Å². The summed E-state index contributed by atoms with van der Waals surface area (Å²) in [5.41, 5.74) is -0.153. The Kier molecular flexibility index (Phi) is 3.85. The molecule has 0 fully saturated rings. The maximum Gasteiger partial charge on any atom is 0.310 e. The molecule has 1 aromatic carbocycles. The number of halogens is 2. The van der Waals surface area contributed by atoms with Gasteiger partial charge in [-0.2, -0.15) is 0 Å². The van der Waals surface area contributed by atoms with Crippen molar-refractivity contribution >= 4 is 23.5 Å². The molecule has 1 amide bonds. The highest BCUT2D eigenvalue weighted by Crippen LogP contribution is 2.19. The summed E-state index contributed by atoms with van der Waals surface area (Å²) in [4.78, 5) is 22.6. The molecule has 100 valence electrons. The summed E-state index contributed by atoms with van der Waals surface area (Å²) in [6.07, 6.45) is 3.38. The van der Waals surface area contributed by atoms with Gasteiger partial charge in [-0.3, -0.25) is 9.59 Å². The van der Waals surface area contributed by atoms with Gasteiger partial charge in [0.15, 0.2) is 0 Å². The molecule has 0 heterocycles. The largest absolute Gasteiger partial charge is 0.481 e. The summed E-state index contributed by atoms with van der Waals surface area (Å²) >= 11 is 5.70. The fourth-order valence-electron chi connectivity index (χ4n) is 1.91. The lowest BCUT2D eigenvalue weighted by molar-refractivity contribution is -0.140. The Morgan fingerprint density at radius 2 is 2.11 bits per heavy atom. The second kappa shape index (κ2) is 5.40. The molecular weight excluding hydrogens is 273 g/mol. The Labute approximate surface area is 113 Å². The first-order valence-electron chi connectivity index (χ1n) is 5.64. The highest BCUT2D eigenvalue weighted by molar-refractivity contribution is 6.31. The molecule has 2 atom stereocenters. The van der Waals surface area contributed by atoms with Crippen molar-refractivity contribution < 1.29 is 19.1 Å². The molecule has 6 heteroatoms. The van der Waals surface area contributed by atoms with E-state index in [4.69, 9.17) is 16.7 Å². The monoisotopic (exact) mass is 283 g/mol. The third kappa shape index (κ3) is 3.12. The van der Waals surface area contributed by atoms with Gasteiger partial charge >= 0.3 is 5.97 Å². The van der Waals surface area contributed by atoms with Crippen molar-refractivity contribution in [3.63, 3.8) is 0 Å². The predicted octanol–water partition coefficient (Wildman–Crippen LogP) is 2.24. The summed E-state index contributed by atoms with van der Waals surface area (Å²) < 4.78 is 13.5. The summed E-state index contributed by atoms with van der Waals surface area (Å²) in [7, 11) is 0. The van der Waals surface area contributed by atoms with E-state index in [1.807, 2.05) is 0 Å². The maximum atomic E-state index is 13.5. The van der Waals surface area contributed by atoms with Crippen LogP contribution in [0.5, 0.6) is 0 Å². The van der Waals surface area contributed by atoms with E-state index in [1.54, 1.807) is 6.08 Å². The lowest BCUT2D eigenvalue weighted by atomic mass is 10.1. The minimum absolute atomic E-state index is 0.153. The van der Waals surface area contributed by atoms with Gasteiger partial charge in [-0.05, 0) is 24.6 Å². The van der Waals surface area contributed by atoms with E-state index >= 15 is 0 Å². The fraction of sp³-hybridized carbons (Fsp3) is 0.231. The average Bonchev–Trinajstić information content (AvgIpc) is 2.80. The number of carboxylic acids is 1. The Balaban J connectivity index is 2.05. The zero-order chi connectivity index (χ0) is 14.0. The van der Waals surface area contributed by atoms with E-state index in [2.05, 4.69) is 5.32 Å². The molecule has 1 aromatic rings. The first-order chi connectivity index (χ1) is 8.97. The topological polar surface area (TPSA) is 66.4 Å². The molecule has 0 aliphatic heterocycles. The van der Waals surface area contributed by atoms with Crippen molar-refractivity contribution in [3.05, 3.63) is 46.8 Å². The van der Waals surface area contributed by atoms with Crippen LogP contribution < -0.4 is 5.32 Å². The molecule has 0 saturated carbocycles. The number of benzene rings is 1. The first kappa shape index (κ1) is 13.5. The Morgan fingerprint density at radius 3 is 2.74 bits per heavy atom. The van der Waals surface area contributed by atoms with Crippen LogP contribution in [0, 0.1) is 11.7 Å². The van der Waals surface area contributed by atoms with E-state index in [9.17, 15) is 14.0 Å². The third-order valence-electron chi connectivity index (χ3n) is 2.89. The molecule has 0 radical (unpaired) electrons. The van der Waals surface area contributed by atoms with Gasteiger partial charge in [0.1, 0.15) is 5.82 Å². The summed E-state index contributed by atoms with van der Waals surface area (Å²) in [5.74, 6) is -2.84. The van der Waals surface area contributed by atoms with Crippen LogP contribution in [0.25, 0.3) is 0 Å². The van der Waals surface area contributed by atoms with Gasteiger partial charge in [0.2, 0.25) is 0 Å². The van der Waals surface area contributed by atoms with E-state index in [0.29, 0.717) is 0 Å². The summed E-state index contributed by atoms with van der Waals surface area (Å²) in [6, 6.07) is 3.29. The van der Waals surface area contributed by atoms with Crippen LogP contribution in [-0.4, -0.2) is 23.0 Å². The van der Waals surface area contributed by atoms with Crippen LogP contribution in [0.15, 0.2) is 30.4 Å². The molecule has 19 heavy (non-hydrogen) atoms. The van der Waals surface area contributed by atoms with Gasteiger partial charge in [0.25, 0.3) is 5.91 Å². The number of hydrogen-bond donors (Lipinski definition) is 2. The second-order valence-corrected chi connectivity index (χ2v) is 4.71. The number of nitrogens with one attached hydrogen (secondary N) is 1. The summed E-state index contributed by atoms with van der Waals surface area (Å²) in [6.45, 7) is 0. The molecule has 4 nitrogen and oxygen atoms in total. The van der Waals surface area contributed by atoms with E-state index in [1.165, 1.54) is 18.2 Å². The lowest BCUT2D eigenvalue weighted by Crippen LogP contribution is -2.33. The van der Waals surface area contributed by atoms with Crippen molar-refractivity contribution in [2.45, 2.75) is 12.5 Å². The van der Waals surface area contributed by atoms with Crippen molar-refractivity contribution in [2.75, 3.05) is 0 Å². The van der Waals surface area contributed by atoms with Gasteiger partial charge in [-0.25, -0.2) is 4.39 Å². The van der Waals surface area contributed by atoms with Crippen molar-refractivity contribution in [2.24, 2.45) is 5.92 Å². The molecular formula is C13H11ClFNO3. The highest BCUT2D eigenvalue weighted by atomic mass is 35.5. The molecule has 1 aliphatic rings. The Bertz CT molecular complexity index is 559. The molecule has 2 N–H and O–H groups in total. The SMILES string of the molecule is O=C(NC1C=CC(C(=O)O)C1)c1cc(Cl)ccc1F. The molecule has 2 rings (SSSR count). The average molecular weight is 284 g/mol. The van der Waals surface area contributed by atoms with Crippen LogP contribution in [-0.2, 0) is 4.79 Å². The van der Waals surface area contributed by atoms with E-state index < -0.39 is 29.7 Å². The van der Waals surface area contributed by atoms with Crippen LogP contribution in [0.3, 0.4) is 0 Å². The predicted molar refractivity (Wildman–Crippen MR) is 67.5 cm³/mol. The summed E-state index contributed by atoms with van der Waals surface area (Å²) in [5, 5.41) is 11.6. The molecule has 0 bridgehead atoms. The first-order valence-corrected chi connectivity index (χ1v) is 6.02. The number of carbonyl (C=O) groups excluding carboxylic acids is 1. The van der Waals surface area contributed by atoms with Crippen LogP contribution >= 0.6 is 11.6 Å². The van der Waals surface area contributed by atoms with Gasteiger partial charge < -0.3 is 10.4 Å². The number of carboxylic acid groups (broad SMARTS) is 1. The number of carbonyl (C=O) groups is 2. The number of aliphatic carboxylic acids is 1. The van der Waals surface area contributed by atoms with E-state index in [-0.39, 0.29) is 17.0 Å². The minimum atomic E-state index is -0.943. The quantitative estimate of drug-likeness (QED) is 0.836.